The number of aliphatic hydroxyl groups is 1. The summed E-state index contributed by atoms with van der Waals surface area (Å²) in [7, 11) is 0. The maximum atomic E-state index is 12.5. The Bertz CT molecular complexity index is 540. The fraction of sp³-hybridized carbons (Fsp3) is 0.562. The van der Waals surface area contributed by atoms with Gasteiger partial charge in [0.2, 0.25) is 0 Å². The zero-order valence-corrected chi connectivity index (χ0v) is 12.7. The Kier molecular flexibility index (Phi) is 5.51. The monoisotopic (exact) mass is 330 g/mol. The molecule has 7 heteroatoms. The third kappa shape index (κ3) is 5.74. The van der Waals surface area contributed by atoms with Gasteiger partial charge in [0.05, 0.1) is 12.0 Å². The van der Waals surface area contributed by atoms with Crippen molar-refractivity contribution < 1.29 is 23.1 Å². The van der Waals surface area contributed by atoms with Gasteiger partial charge in [0.25, 0.3) is 0 Å². The molecule has 0 bridgehead atoms. The van der Waals surface area contributed by atoms with Gasteiger partial charge in [-0.2, -0.15) is 13.2 Å². The molecule has 3 N–H and O–H groups in total. The molecule has 1 aliphatic rings. The number of para-hydroxylation sites is 1. The van der Waals surface area contributed by atoms with Crippen LogP contribution in [-0.2, 0) is 6.42 Å². The van der Waals surface area contributed by atoms with Gasteiger partial charge in [-0.1, -0.05) is 37.5 Å². The number of urea groups is 1. The van der Waals surface area contributed by atoms with E-state index in [-0.39, 0.29) is 17.8 Å². The van der Waals surface area contributed by atoms with Crippen molar-refractivity contribution in [2.24, 2.45) is 0 Å². The number of carbonyl (C=O) groups is 1. The molecule has 2 rings (SSSR count). The van der Waals surface area contributed by atoms with E-state index in [4.69, 9.17) is 0 Å². The maximum Gasteiger partial charge on any atom is 0.393 e. The summed E-state index contributed by atoms with van der Waals surface area (Å²) in [6.45, 7) is 0.0975. The van der Waals surface area contributed by atoms with E-state index < -0.39 is 24.2 Å². The van der Waals surface area contributed by atoms with Crippen molar-refractivity contribution in [3.63, 3.8) is 0 Å². The van der Waals surface area contributed by atoms with Crippen LogP contribution in [0.25, 0.3) is 0 Å². The molecule has 0 atom stereocenters. The molecule has 23 heavy (non-hydrogen) atoms. The van der Waals surface area contributed by atoms with Gasteiger partial charge in [-0.05, 0) is 24.5 Å². The number of amides is 2. The lowest BCUT2D eigenvalue weighted by Gasteiger charge is -2.32. The zero-order valence-electron chi connectivity index (χ0n) is 12.7. The summed E-state index contributed by atoms with van der Waals surface area (Å²) >= 11 is 0. The van der Waals surface area contributed by atoms with E-state index in [2.05, 4.69) is 10.6 Å². The van der Waals surface area contributed by atoms with Crippen LogP contribution in [0.5, 0.6) is 0 Å². The molecule has 4 nitrogen and oxygen atoms in total. The summed E-state index contributed by atoms with van der Waals surface area (Å²) in [5.74, 6) is 0. The lowest BCUT2D eigenvalue weighted by Crippen LogP contribution is -2.45. The molecule has 0 aliphatic heterocycles. The number of nitrogens with one attached hydrogen (secondary N) is 2. The van der Waals surface area contributed by atoms with Crippen molar-refractivity contribution in [2.75, 3.05) is 11.9 Å². The highest BCUT2D eigenvalue weighted by Crippen LogP contribution is 2.28. The van der Waals surface area contributed by atoms with E-state index in [0.29, 0.717) is 12.8 Å². The molecule has 0 radical (unpaired) electrons. The first-order valence-corrected chi connectivity index (χ1v) is 7.69. The van der Waals surface area contributed by atoms with Gasteiger partial charge >= 0.3 is 12.2 Å². The Morgan fingerprint density at radius 1 is 1.17 bits per heavy atom. The molecule has 1 aromatic rings. The molecule has 2 amide bonds. The molecule has 0 spiro atoms. The van der Waals surface area contributed by atoms with E-state index in [9.17, 15) is 23.1 Å². The number of halogens is 3. The Hall–Kier alpha value is -1.76. The summed E-state index contributed by atoms with van der Waals surface area (Å²) < 4.78 is 37.6. The van der Waals surface area contributed by atoms with Gasteiger partial charge in [-0.3, -0.25) is 0 Å². The van der Waals surface area contributed by atoms with Gasteiger partial charge < -0.3 is 15.7 Å². The molecule has 0 saturated heterocycles. The zero-order chi connectivity index (χ0) is 16.9. The predicted octanol–water partition coefficient (Wildman–Crippen LogP) is 3.61. The standard InChI is InChI=1S/C16H21F3N2O2/c17-16(18,19)10-12-6-2-3-7-13(12)21-14(22)20-11-15(23)8-4-1-5-9-15/h2-3,6-7,23H,1,4-5,8-11H2,(H2,20,21,22). The van der Waals surface area contributed by atoms with Crippen LogP contribution in [0.4, 0.5) is 23.7 Å². The van der Waals surface area contributed by atoms with Crippen molar-refractivity contribution in [1.29, 1.82) is 0 Å². The van der Waals surface area contributed by atoms with E-state index in [1.165, 1.54) is 18.2 Å². The smallest absolute Gasteiger partial charge is 0.388 e. The largest absolute Gasteiger partial charge is 0.393 e. The van der Waals surface area contributed by atoms with Gasteiger partial charge in [-0.25, -0.2) is 4.79 Å². The summed E-state index contributed by atoms with van der Waals surface area (Å²) in [5, 5.41) is 15.3. The van der Waals surface area contributed by atoms with Crippen LogP contribution in [0.15, 0.2) is 24.3 Å². The number of benzene rings is 1. The predicted molar refractivity (Wildman–Crippen MR) is 81.3 cm³/mol. The SMILES string of the molecule is O=C(NCC1(O)CCCCC1)Nc1ccccc1CC(F)(F)F. The van der Waals surface area contributed by atoms with Gasteiger partial charge in [0.1, 0.15) is 0 Å². The molecule has 1 aliphatic carbocycles. The summed E-state index contributed by atoms with van der Waals surface area (Å²) in [6, 6.07) is 5.20. The quantitative estimate of drug-likeness (QED) is 0.790. The van der Waals surface area contributed by atoms with Crippen LogP contribution in [0, 0.1) is 0 Å². The molecule has 0 aromatic heterocycles. The first kappa shape index (κ1) is 17.6. The maximum absolute atomic E-state index is 12.5. The average Bonchev–Trinajstić information content (AvgIpc) is 2.47. The van der Waals surface area contributed by atoms with Crippen LogP contribution in [0.1, 0.15) is 37.7 Å². The van der Waals surface area contributed by atoms with Crippen molar-refractivity contribution in [2.45, 2.75) is 50.3 Å². The average molecular weight is 330 g/mol. The molecular weight excluding hydrogens is 309 g/mol. The van der Waals surface area contributed by atoms with Crippen LogP contribution in [0.2, 0.25) is 0 Å². The first-order chi connectivity index (χ1) is 10.8. The molecule has 1 aromatic carbocycles. The highest BCUT2D eigenvalue weighted by atomic mass is 19.4. The van der Waals surface area contributed by atoms with Crippen molar-refractivity contribution in [3.05, 3.63) is 29.8 Å². The Morgan fingerprint density at radius 3 is 2.48 bits per heavy atom. The Balaban J connectivity index is 1.92. The number of anilines is 1. The summed E-state index contributed by atoms with van der Waals surface area (Å²) in [6.07, 6.45) is -1.31. The molecule has 0 unspecified atom stereocenters. The minimum atomic E-state index is -4.34. The van der Waals surface area contributed by atoms with Crippen molar-refractivity contribution >= 4 is 11.7 Å². The van der Waals surface area contributed by atoms with Gasteiger partial charge in [0.15, 0.2) is 0 Å². The summed E-state index contributed by atoms with van der Waals surface area (Å²) in [4.78, 5) is 11.9. The van der Waals surface area contributed by atoms with E-state index in [0.717, 1.165) is 19.3 Å². The van der Waals surface area contributed by atoms with Crippen molar-refractivity contribution in [3.8, 4) is 0 Å². The van der Waals surface area contributed by atoms with E-state index >= 15 is 0 Å². The Labute approximate surface area is 133 Å². The number of hydrogen-bond donors (Lipinski definition) is 3. The number of hydrogen-bond acceptors (Lipinski definition) is 2. The summed E-state index contributed by atoms with van der Waals surface area (Å²) in [5.41, 5.74) is -0.786. The minimum absolute atomic E-state index is 0.00604. The van der Waals surface area contributed by atoms with Gasteiger partial charge in [-0.15, -0.1) is 0 Å². The third-order valence-corrected chi connectivity index (χ3v) is 4.02. The van der Waals surface area contributed by atoms with E-state index in [1.807, 2.05) is 0 Å². The topological polar surface area (TPSA) is 61.4 Å². The van der Waals surface area contributed by atoms with Crippen LogP contribution >= 0.6 is 0 Å². The second kappa shape index (κ2) is 7.21. The second-order valence-corrected chi connectivity index (χ2v) is 6.04. The highest BCUT2D eigenvalue weighted by Gasteiger charge is 2.30. The van der Waals surface area contributed by atoms with Crippen LogP contribution in [0.3, 0.4) is 0 Å². The normalized spacial score (nSPS) is 17.6. The first-order valence-electron chi connectivity index (χ1n) is 7.69. The molecule has 1 fully saturated rings. The third-order valence-electron chi connectivity index (χ3n) is 4.02. The molecule has 128 valence electrons. The second-order valence-electron chi connectivity index (χ2n) is 6.04. The molecular formula is C16H21F3N2O2. The van der Waals surface area contributed by atoms with Crippen LogP contribution in [-0.4, -0.2) is 29.5 Å². The number of carbonyl (C=O) groups excluding carboxylic acids is 1. The molecule has 0 heterocycles. The lowest BCUT2D eigenvalue weighted by atomic mass is 9.85. The highest BCUT2D eigenvalue weighted by molar-refractivity contribution is 5.90. The Morgan fingerprint density at radius 2 is 1.83 bits per heavy atom. The minimum Gasteiger partial charge on any atom is -0.388 e. The van der Waals surface area contributed by atoms with E-state index in [1.54, 1.807) is 6.07 Å². The fourth-order valence-corrected chi connectivity index (χ4v) is 2.81. The van der Waals surface area contributed by atoms with Gasteiger partial charge in [0, 0.05) is 12.2 Å². The number of alkyl halides is 3. The van der Waals surface area contributed by atoms with Crippen LogP contribution < -0.4 is 10.6 Å². The van der Waals surface area contributed by atoms with Crippen molar-refractivity contribution in [1.82, 2.24) is 5.32 Å². The lowest BCUT2D eigenvalue weighted by molar-refractivity contribution is -0.127. The number of rotatable bonds is 4. The molecule has 1 saturated carbocycles. The fourth-order valence-electron chi connectivity index (χ4n) is 2.81.